The molecule has 4 fully saturated rings. The molecule has 0 saturated heterocycles. The number of ether oxygens (including phenoxy) is 1. The van der Waals surface area contributed by atoms with Gasteiger partial charge in [-0.1, -0.05) is 34.6 Å². The number of carbonyl (C=O) groups excluding carboxylic acids is 1. The predicted octanol–water partition coefficient (Wildman–Crippen LogP) is 5.21. The van der Waals surface area contributed by atoms with Crippen LogP contribution in [0.15, 0.2) is 0 Å². The maximum Gasteiger partial charge on any atom is 0.309 e. The lowest BCUT2D eigenvalue weighted by Gasteiger charge is -2.61. The van der Waals surface area contributed by atoms with E-state index in [-0.39, 0.29) is 22.9 Å². The van der Waals surface area contributed by atoms with Gasteiger partial charge in [0.2, 0.25) is 0 Å². The van der Waals surface area contributed by atoms with Crippen LogP contribution in [-0.2, 0) is 9.53 Å². The monoisotopic (exact) mass is 306 g/mol. The molecule has 0 aromatic carbocycles. The summed E-state index contributed by atoms with van der Waals surface area (Å²) in [6, 6.07) is 0. The second-order valence-electron chi connectivity index (χ2n) is 9.73. The van der Waals surface area contributed by atoms with Crippen molar-refractivity contribution in [2.75, 3.05) is 0 Å². The van der Waals surface area contributed by atoms with Crippen molar-refractivity contribution in [3.63, 3.8) is 0 Å². The lowest BCUT2D eigenvalue weighted by molar-refractivity contribution is -0.221. The zero-order valence-electron chi connectivity index (χ0n) is 15.2. The van der Waals surface area contributed by atoms with E-state index in [9.17, 15) is 4.79 Å². The molecule has 126 valence electrons. The second-order valence-corrected chi connectivity index (χ2v) is 9.73. The summed E-state index contributed by atoms with van der Waals surface area (Å²) in [6.45, 7) is 11.0. The molecule has 1 unspecified atom stereocenters. The average Bonchev–Trinajstić information content (AvgIpc) is 2.41. The Labute approximate surface area is 136 Å². The maximum absolute atomic E-state index is 12.6. The molecule has 0 N–H and O–H groups in total. The zero-order valence-corrected chi connectivity index (χ0v) is 15.2. The lowest BCUT2D eigenvalue weighted by atomic mass is 9.48. The van der Waals surface area contributed by atoms with Gasteiger partial charge in [0.25, 0.3) is 0 Å². The quantitative estimate of drug-likeness (QED) is 0.667. The standard InChI is InChI=1S/C20H34O2/c1-6-13(2)18(21)22-20(12-19(3,4)5)16-8-14-7-15(10-16)11-17(20)9-14/h13-17H,6-12H2,1-5H3. The van der Waals surface area contributed by atoms with E-state index in [0.717, 1.165) is 24.7 Å². The molecule has 0 spiro atoms. The van der Waals surface area contributed by atoms with Crippen LogP contribution in [0, 0.1) is 35.0 Å². The number of carbonyl (C=O) groups is 1. The first-order valence-electron chi connectivity index (χ1n) is 9.46. The van der Waals surface area contributed by atoms with Crippen LogP contribution in [-0.4, -0.2) is 11.6 Å². The summed E-state index contributed by atoms with van der Waals surface area (Å²) in [5, 5.41) is 0. The van der Waals surface area contributed by atoms with Crippen LogP contribution in [0.2, 0.25) is 0 Å². The third-order valence-electron chi connectivity index (χ3n) is 6.63. The van der Waals surface area contributed by atoms with Gasteiger partial charge in [0, 0.05) is 0 Å². The highest BCUT2D eigenvalue weighted by Gasteiger charge is 2.60. The predicted molar refractivity (Wildman–Crippen MR) is 89.4 cm³/mol. The Morgan fingerprint density at radius 1 is 1.09 bits per heavy atom. The molecule has 0 radical (unpaired) electrons. The Kier molecular flexibility index (Phi) is 4.10. The molecule has 22 heavy (non-hydrogen) atoms. The molecule has 0 aromatic heterocycles. The Hall–Kier alpha value is -0.530. The summed E-state index contributed by atoms with van der Waals surface area (Å²) in [5.41, 5.74) is 0.0529. The van der Waals surface area contributed by atoms with Crippen molar-refractivity contribution in [3.05, 3.63) is 0 Å². The SMILES string of the molecule is CCC(C)C(=O)OC1(CC(C)(C)C)C2CC3CC(C2)CC1C3. The van der Waals surface area contributed by atoms with E-state index in [0.29, 0.717) is 11.8 Å². The Morgan fingerprint density at radius 2 is 1.59 bits per heavy atom. The summed E-state index contributed by atoms with van der Waals surface area (Å²) in [7, 11) is 0. The van der Waals surface area contributed by atoms with Crippen molar-refractivity contribution < 1.29 is 9.53 Å². The molecule has 0 aliphatic heterocycles. The fraction of sp³-hybridized carbons (Fsp3) is 0.950. The van der Waals surface area contributed by atoms with E-state index >= 15 is 0 Å². The van der Waals surface area contributed by atoms with Gasteiger partial charge in [-0.05, 0) is 74.0 Å². The van der Waals surface area contributed by atoms with Crippen LogP contribution in [0.25, 0.3) is 0 Å². The van der Waals surface area contributed by atoms with Crippen LogP contribution < -0.4 is 0 Å². The van der Waals surface area contributed by atoms with Crippen molar-refractivity contribution in [1.82, 2.24) is 0 Å². The molecule has 0 amide bonds. The van der Waals surface area contributed by atoms with E-state index in [1.807, 2.05) is 6.92 Å². The molecule has 0 aromatic rings. The molecular weight excluding hydrogens is 272 g/mol. The number of hydrogen-bond donors (Lipinski definition) is 0. The number of rotatable bonds is 4. The van der Waals surface area contributed by atoms with Gasteiger partial charge >= 0.3 is 5.97 Å². The van der Waals surface area contributed by atoms with Crippen LogP contribution >= 0.6 is 0 Å². The smallest absolute Gasteiger partial charge is 0.309 e. The van der Waals surface area contributed by atoms with Crippen molar-refractivity contribution in [1.29, 1.82) is 0 Å². The molecule has 4 rings (SSSR count). The van der Waals surface area contributed by atoms with Crippen molar-refractivity contribution in [2.24, 2.45) is 35.0 Å². The highest BCUT2D eigenvalue weighted by molar-refractivity contribution is 5.72. The van der Waals surface area contributed by atoms with Crippen LogP contribution in [0.4, 0.5) is 0 Å². The van der Waals surface area contributed by atoms with Gasteiger partial charge in [0.05, 0.1) is 5.92 Å². The van der Waals surface area contributed by atoms with E-state index in [1.54, 1.807) is 0 Å². The Balaban J connectivity index is 1.88. The molecule has 4 saturated carbocycles. The third kappa shape index (κ3) is 2.83. The van der Waals surface area contributed by atoms with Crippen LogP contribution in [0.5, 0.6) is 0 Å². The summed E-state index contributed by atoms with van der Waals surface area (Å²) in [4.78, 5) is 12.6. The van der Waals surface area contributed by atoms with Crippen LogP contribution in [0.3, 0.4) is 0 Å². The van der Waals surface area contributed by atoms with E-state index in [2.05, 4.69) is 27.7 Å². The minimum atomic E-state index is -0.161. The summed E-state index contributed by atoms with van der Waals surface area (Å²) in [6.07, 6.45) is 8.57. The molecule has 2 heteroatoms. The van der Waals surface area contributed by atoms with Gasteiger partial charge < -0.3 is 4.74 Å². The van der Waals surface area contributed by atoms with Gasteiger partial charge in [-0.3, -0.25) is 4.79 Å². The zero-order chi connectivity index (χ0) is 16.1. The first-order valence-corrected chi connectivity index (χ1v) is 9.46. The van der Waals surface area contributed by atoms with Crippen molar-refractivity contribution >= 4 is 5.97 Å². The number of hydrogen-bond acceptors (Lipinski definition) is 2. The summed E-state index contributed by atoms with van der Waals surface area (Å²) in [5.74, 6) is 3.16. The van der Waals surface area contributed by atoms with E-state index < -0.39 is 0 Å². The highest BCUT2D eigenvalue weighted by Crippen LogP contribution is 2.62. The first kappa shape index (κ1) is 16.3. The number of esters is 1. The first-order chi connectivity index (χ1) is 10.2. The molecule has 2 nitrogen and oxygen atoms in total. The van der Waals surface area contributed by atoms with Gasteiger partial charge in [-0.2, -0.15) is 0 Å². The fourth-order valence-corrected chi connectivity index (χ4v) is 5.76. The molecule has 1 atom stereocenters. The van der Waals surface area contributed by atoms with Gasteiger partial charge in [0.1, 0.15) is 5.60 Å². The van der Waals surface area contributed by atoms with Gasteiger partial charge in [-0.25, -0.2) is 0 Å². The minimum absolute atomic E-state index is 0.0361. The third-order valence-corrected chi connectivity index (χ3v) is 6.63. The van der Waals surface area contributed by atoms with Crippen LogP contribution in [0.1, 0.15) is 79.6 Å². The molecule has 4 aliphatic rings. The Bertz CT molecular complexity index is 403. The van der Waals surface area contributed by atoms with Gasteiger partial charge in [0.15, 0.2) is 0 Å². The van der Waals surface area contributed by atoms with Gasteiger partial charge in [-0.15, -0.1) is 0 Å². The topological polar surface area (TPSA) is 26.3 Å². The highest BCUT2D eigenvalue weighted by atomic mass is 16.6. The largest absolute Gasteiger partial charge is 0.458 e. The Morgan fingerprint density at radius 3 is 2.00 bits per heavy atom. The molecule has 4 bridgehead atoms. The molecule has 0 heterocycles. The minimum Gasteiger partial charge on any atom is -0.458 e. The van der Waals surface area contributed by atoms with Crippen molar-refractivity contribution in [3.8, 4) is 0 Å². The van der Waals surface area contributed by atoms with E-state index in [1.165, 1.54) is 32.1 Å². The normalized spacial score (nSPS) is 41.5. The molecule has 4 aliphatic carbocycles. The maximum atomic E-state index is 12.6. The van der Waals surface area contributed by atoms with Crippen molar-refractivity contribution in [2.45, 2.75) is 85.2 Å². The average molecular weight is 306 g/mol. The summed E-state index contributed by atoms with van der Waals surface area (Å²) < 4.78 is 6.40. The summed E-state index contributed by atoms with van der Waals surface area (Å²) >= 11 is 0. The lowest BCUT2D eigenvalue weighted by Crippen LogP contribution is -2.61. The molecular formula is C20H34O2. The second kappa shape index (κ2) is 5.53. The fourth-order valence-electron chi connectivity index (χ4n) is 5.76. The van der Waals surface area contributed by atoms with E-state index in [4.69, 9.17) is 4.74 Å².